The van der Waals surface area contributed by atoms with Crippen molar-refractivity contribution >= 4 is 13.9 Å². The van der Waals surface area contributed by atoms with Gasteiger partial charge in [-0.15, -0.1) is 0 Å². The van der Waals surface area contributed by atoms with E-state index in [0.717, 1.165) is 23.2 Å². The van der Waals surface area contributed by atoms with E-state index in [4.69, 9.17) is 0 Å². The van der Waals surface area contributed by atoms with E-state index in [9.17, 15) is 0 Å². The van der Waals surface area contributed by atoms with Crippen molar-refractivity contribution in [2.45, 2.75) is 65.1 Å². The molecular formula is C19H33NSi. The minimum absolute atomic E-state index is 0.725. The first-order chi connectivity index (χ1) is 9.88. The fourth-order valence-electron chi connectivity index (χ4n) is 4.24. The van der Waals surface area contributed by atoms with Crippen LogP contribution < -0.4 is 4.57 Å². The summed E-state index contributed by atoms with van der Waals surface area (Å²) in [5.74, 6) is 0. The van der Waals surface area contributed by atoms with Gasteiger partial charge in [-0.3, -0.25) is 0 Å². The highest BCUT2D eigenvalue weighted by molar-refractivity contribution is 6.86. The molecular weight excluding hydrogens is 270 g/mol. The van der Waals surface area contributed by atoms with Gasteiger partial charge in [-0.2, -0.15) is 0 Å². The van der Waals surface area contributed by atoms with Crippen LogP contribution in [0.2, 0.25) is 16.6 Å². The van der Waals surface area contributed by atoms with Gasteiger partial charge >= 0.3 is 0 Å². The van der Waals surface area contributed by atoms with Crippen molar-refractivity contribution in [3.8, 4) is 0 Å². The van der Waals surface area contributed by atoms with Gasteiger partial charge in [-0.1, -0.05) is 71.9 Å². The molecule has 1 nitrogen and oxygen atoms in total. The standard InChI is InChI=1S/C19H33NSi/c1-8-9-15-20(19-13-11-10-12-14-19)21(16(2)3,17(4)5)18(6)7/h8-14,16-18H,15H2,1-7H3. The van der Waals surface area contributed by atoms with Crippen molar-refractivity contribution in [3.63, 3.8) is 0 Å². The lowest BCUT2D eigenvalue weighted by molar-refractivity contribution is 0.783. The molecule has 0 amide bonds. The Labute approximate surface area is 133 Å². The minimum Gasteiger partial charge on any atom is -0.393 e. The second-order valence-electron chi connectivity index (χ2n) is 6.87. The van der Waals surface area contributed by atoms with Crippen LogP contribution in [0, 0.1) is 0 Å². The number of nitrogens with zero attached hydrogens (tertiary/aromatic N) is 1. The quantitative estimate of drug-likeness (QED) is 0.425. The van der Waals surface area contributed by atoms with E-state index >= 15 is 0 Å². The zero-order valence-electron chi connectivity index (χ0n) is 14.9. The van der Waals surface area contributed by atoms with Crippen LogP contribution >= 0.6 is 0 Å². The van der Waals surface area contributed by atoms with Gasteiger partial charge in [0.2, 0.25) is 0 Å². The summed E-state index contributed by atoms with van der Waals surface area (Å²) < 4.78 is 2.76. The summed E-state index contributed by atoms with van der Waals surface area (Å²) in [4.78, 5) is 0. The number of hydrogen-bond acceptors (Lipinski definition) is 1. The molecule has 0 aliphatic rings. The van der Waals surface area contributed by atoms with Crippen molar-refractivity contribution in [2.75, 3.05) is 11.1 Å². The largest absolute Gasteiger partial charge is 0.393 e. The maximum Gasteiger partial charge on any atom is 0.164 e. The van der Waals surface area contributed by atoms with E-state index in [1.807, 2.05) is 0 Å². The molecule has 0 aromatic heterocycles. The molecule has 0 heterocycles. The minimum atomic E-state index is -1.65. The fourth-order valence-corrected chi connectivity index (χ4v) is 11.1. The average Bonchev–Trinajstić information content (AvgIpc) is 2.42. The second kappa shape index (κ2) is 7.84. The lowest BCUT2D eigenvalue weighted by Crippen LogP contribution is -2.60. The Balaban J connectivity index is 3.43. The Hall–Kier alpha value is -1.02. The summed E-state index contributed by atoms with van der Waals surface area (Å²) in [5, 5.41) is 0. The maximum absolute atomic E-state index is 2.76. The molecule has 0 spiro atoms. The molecule has 1 aromatic carbocycles. The van der Waals surface area contributed by atoms with E-state index in [1.54, 1.807) is 0 Å². The molecule has 1 aromatic rings. The van der Waals surface area contributed by atoms with E-state index < -0.39 is 8.24 Å². The second-order valence-corrected chi connectivity index (χ2v) is 12.6. The van der Waals surface area contributed by atoms with Crippen LogP contribution in [0.15, 0.2) is 42.5 Å². The smallest absolute Gasteiger partial charge is 0.164 e. The van der Waals surface area contributed by atoms with Crippen molar-refractivity contribution in [1.29, 1.82) is 0 Å². The van der Waals surface area contributed by atoms with Crippen LogP contribution in [0.25, 0.3) is 0 Å². The summed E-state index contributed by atoms with van der Waals surface area (Å²) in [6.07, 6.45) is 4.48. The van der Waals surface area contributed by atoms with Gasteiger partial charge in [0.1, 0.15) is 0 Å². The van der Waals surface area contributed by atoms with Crippen LogP contribution in [0.3, 0.4) is 0 Å². The molecule has 0 aliphatic heterocycles. The monoisotopic (exact) mass is 303 g/mol. The molecule has 0 fully saturated rings. The number of allylic oxidation sites excluding steroid dienone is 1. The molecule has 0 unspecified atom stereocenters. The Morgan fingerprint density at radius 2 is 1.38 bits per heavy atom. The molecule has 0 saturated heterocycles. The summed E-state index contributed by atoms with van der Waals surface area (Å²) >= 11 is 0. The number of hydrogen-bond donors (Lipinski definition) is 0. The van der Waals surface area contributed by atoms with Gasteiger partial charge in [0.25, 0.3) is 0 Å². The van der Waals surface area contributed by atoms with E-state index in [0.29, 0.717) is 0 Å². The third-order valence-electron chi connectivity index (χ3n) is 4.83. The summed E-state index contributed by atoms with van der Waals surface area (Å²) in [7, 11) is -1.65. The number of para-hydroxylation sites is 1. The van der Waals surface area contributed by atoms with Crippen LogP contribution in [0.4, 0.5) is 5.69 Å². The molecule has 0 radical (unpaired) electrons. The van der Waals surface area contributed by atoms with Gasteiger partial charge in [0.05, 0.1) is 0 Å². The number of anilines is 1. The first-order valence-corrected chi connectivity index (χ1v) is 10.5. The van der Waals surface area contributed by atoms with Crippen molar-refractivity contribution in [3.05, 3.63) is 42.5 Å². The normalized spacial score (nSPS) is 12.9. The molecule has 0 bridgehead atoms. The van der Waals surface area contributed by atoms with Gasteiger partial charge in [0.15, 0.2) is 8.24 Å². The zero-order valence-corrected chi connectivity index (χ0v) is 15.9. The highest BCUT2D eigenvalue weighted by atomic mass is 28.3. The van der Waals surface area contributed by atoms with E-state index in [2.05, 4.69) is 95.5 Å². The molecule has 1 rings (SSSR count). The van der Waals surface area contributed by atoms with Crippen molar-refractivity contribution in [2.24, 2.45) is 0 Å². The van der Waals surface area contributed by atoms with E-state index in [1.165, 1.54) is 5.69 Å². The van der Waals surface area contributed by atoms with Crippen molar-refractivity contribution < 1.29 is 0 Å². The van der Waals surface area contributed by atoms with Crippen molar-refractivity contribution in [1.82, 2.24) is 0 Å². The lowest BCUT2D eigenvalue weighted by atomic mass is 10.3. The number of rotatable bonds is 7. The number of benzene rings is 1. The molecule has 0 saturated carbocycles. The van der Waals surface area contributed by atoms with Gasteiger partial charge in [-0.25, -0.2) is 0 Å². The van der Waals surface area contributed by atoms with Gasteiger partial charge in [0, 0.05) is 12.2 Å². The highest BCUT2D eigenvalue weighted by Crippen LogP contribution is 2.45. The van der Waals surface area contributed by atoms with Crippen LogP contribution in [-0.4, -0.2) is 14.8 Å². The van der Waals surface area contributed by atoms with Gasteiger partial charge in [-0.05, 0) is 35.7 Å². The molecule has 0 atom stereocenters. The van der Waals surface area contributed by atoms with Gasteiger partial charge < -0.3 is 4.57 Å². The zero-order chi connectivity index (χ0) is 16.0. The predicted octanol–water partition coefficient (Wildman–Crippen LogP) is 6.24. The Morgan fingerprint density at radius 1 is 0.905 bits per heavy atom. The van der Waals surface area contributed by atoms with Crippen LogP contribution in [0.5, 0.6) is 0 Å². The Bertz CT molecular complexity index is 412. The molecule has 0 aliphatic carbocycles. The highest BCUT2D eigenvalue weighted by Gasteiger charge is 2.48. The average molecular weight is 304 g/mol. The molecule has 21 heavy (non-hydrogen) atoms. The van der Waals surface area contributed by atoms with Crippen LogP contribution in [0.1, 0.15) is 48.5 Å². The predicted molar refractivity (Wildman–Crippen MR) is 99.7 cm³/mol. The molecule has 118 valence electrons. The first-order valence-electron chi connectivity index (χ1n) is 8.32. The Morgan fingerprint density at radius 3 is 1.76 bits per heavy atom. The SMILES string of the molecule is CC=CCN(c1ccccc1)[Si](C(C)C)(C(C)C)C(C)C. The molecule has 0 N–H and O–H groups in total. The third kappa shape index (κ3) is 3.60. The maximum atomic E-state index is 2.76. The first kappa shape index (κ1) is 18.0. The molecule has 2 heteroatoms. The topological polar surface area (TPSA) is 3.24 Å². The summed E-state index contributed by atoms with van der Waals surface area (Å²) in [5.41, 5.74) is 3.56. The third-order valence-corrected chi connectivity index (χ3v) is 11.8. The van der Waals surface area contributed by atoms with E-state index in [-0.39, 0.29) is 0 Å². The fraction of sp³-hybridized carbons (Fsp3) is 0.579. The Kier molecular flexibility index (Phi) is 6.73. The summed E-state index contributed by atoms with van der Waals surface area (Å²) in [6, 6.07) is 11.0. The summed E-state index contributed by atoms with van der Waals surface area (Å²) in [6.45, 7) is 17.7. The van der Waals surface area contributed by atoms with Crippen LogP contribution in [-0.2, 0) is 0 Å². The lowest BCUT2D eigenvalue weighted by Gasteiger charge is -2.52.